The minimum Gasteiger partial charge on any atom is -0.497 e. The number of hydrogen-bond acceptors (Lipinski definition) is 5. The van der Waals surface area contributed by atoms with E-state index in [4.69, 9.17) is 4.74 Å². The Kier molecular flexibility index (Phi) is 8.67. The van der Waals surface area contributed by atoms with Gasteiger partial charge in [-0.25, -0.2) is 9.37 Å². The molecule has 3 aromatic rings. The second-order valence-electron chi connectivity index (χ2n) is 7.35. The predicted molar refractivity (Wildman–Crippen MR) is 126 cm³/mol. The molecule has 0 atom stereocenters. The first-order chi connectivity index (χ1) is 16.4. The van der Waals surface area contributed by atoms with E-state index in [1.54, 1.807) is 37.4 Å². The van der Waals surface area contributed by atoms with Gasteiger partial charge in [-0.1, -0.05) is 24.3 Å². The molecule has 2 N–H and O–H groups in total. The minimum atomic E-state index is -0.540. The van der Waals surface area contributed by atoms with Gasteiger partial charge in [-0.15, -0.1) is 0 Å². The molecule has 8 nitrogen and oxygen atoms in total. The minimum absolute atomic E-state index is 0.116. The Bertz CT molecular complexity index is 1120. The summed E-state index contributed by atoms with van der Waals surface area (Å²) in [4.78, 5) is 42.8. The average molecular weight is 464 g/mol. The second-order valence-corrected chi connectivity index (χ2v) is 7.35. The van der Waals surface area contributed by atoms with Gasteiger partial charge in [-0.2, -0.15) is 0 Å². The summed E-state index contributed by atoms with van der Waals surface area (Å²) in [6, 6.07) is 17.7. The van der Waals surface area contributed by atoms with Gasteiger partial charge in [-0.3, -0.25) is 14.4 Å². The van der Waals surface area contributed by atoms with Crippen LogP contribution in [0.1, 0.15) is 18.4 Å². The van der Waals surface area contributed by atoms with Crippen LogP contribution in [0.5, 0.6) is 5.75 Å². The lowest BCUT2D eigenvalue weighted by Crippen LogP contribution is -2.41. The van der Waals surface area contributed by atoms with Crippen LogP contribution >= 0.6 is 0 Å². The molecule has 3 amide bonds. The van der Waals surface area contributed by atoms with Crippen molar-refractivity contribution < 1.29 is 23.5 Å². The molecule has 34 heavy (non-hydrogen) atoms. The maximum Gasteiger partial charge on any atom is 0.240 e. The van der Waals surface area contributed by atoms with Crippen LogP contribution in [0.2, 0.25) is 0 Å². The van der Waals surface area contributed by atoms with Gasteiger partial charge in [0.25, 0.3) is 0 Å². The second kappa shape index (κ2) is 12.1. The number of aromatic nitrogens is 1. The smallest absolute Gasteiger partial charge is 0.240 e. The zero-order valence-corrected chi connectivity index (χ0v) is 18.7. The molecule has 2 aromatic carbocycles. The molecule has 0 unspecified atom stereocenters. The van der Waals surface area contributed by atoms with Crippen LogP contribution in [0.15, 0.2) is 72.9 Å². The zero-order valence-electron chi connectivity index (χ0n) is 18.7. The molecule has 1 aromatic heterocycles. The number of rotatable bonds is 10. The number of methoxy groups -OCH3 is 1. The van der Waals surface area contributed by atoms with E-state index < -0.39 is 23.5 Å². The van der Waals surface area contributed by atoms with Crippen molar-refractivity contribution in [3.8, 4) is 5.75 Å². The van der Waals surface area contributed by atoms with Crippen LogP contribution in [0, 0.1) is 5.82 Å². The van der Waals surface area contributed by atoms with E-state index in [0.29, 0.717) is 11.6 Å². The van der Waals surface area contributed by atoms with Crippen molar-refractivity contribution in [1.82, 2.24) is 10.3 Å². The summed E-state index contributed by atoms with van der Waals surface area (Å²) in [6.45, 7) is -0.0687. The van der Waals surface area contributed by atoms with Gasteiger partial charge in [0, 0.05) is 31.3 Å². The van der Waals surface area contributed by atoms with Crippen molar-refractivity contribution in [2.75, 3.05) is 23.9 Å². The van der Waals surface area contributed by atoms with Crippen LogP contribution in [0.3, 0.4) is 0 Å². The number of ether oxygens (including phenoxy) is 1. The summed E-state index contributed by atoms with van der Waals surface area (Å²) in [5, 5.41) is 5.35. The predicted octanol–water partition coefficient (Wildman–Crippen LogP) is 3.30. The van der Waals surface area contributed by atoms with Crippen LogP contribution < -0.4 is 20.3 Å². The molecule has 0 radical (unpaired) electrons. The largest absolute Gasteiger partial charge is 0.497 e. The Morgan fingerprint density at radius 1 is 0.971 bits per heavy atom. The van der Waals surface area contributed by atoms with E-state index in [2.05, 4.69) is 15.6 Å². The highest BCUT2D eigenvalue weighted by molar-refractivity contribution is 6.01. The van der Waals surface area contributed by atoms with E-state index >= 15 is 0 Å². The normalized spacial score (nSPS) is 10.3. The summed E-state index contributed by atoms with van der Waals surface area (Å²) >= 11 is 0. The number of amides is 3. The van der Waals surface area contributed by atoms with Gasteiger partial charge in [-0.05, 0) is 48.0 Å². The molecule has 0 fully saturated rings. The third-order valence-corrected chi connectivity index (χ3v) is 4.87. The highest BCUT2D eigenvalue weighted by Gasteiger charge is 2.20. The third-order valence-electron chi connectivity index (χ3n) is 4.87. The van der Waals surface area contributed by atoms with Crippen LogP contribution in [0.4, 0.5) is 15.9 Å². The number of benzene rings is 2. The number of carbonyl (C=O) groups is 3. The zero-order chi connectivity index (χ0) is 24.3. The molecule has 0 spiro atoms. The maximum absolute atomic E-state index is 13.8. The number of anilines is 2. The molecule has 0 aliphatic rings. The molecular weight excluding hydrogens is 439 g/mol. The molecule has 176 valence electrons. The average Bonchev–Trinajstić information content (AvgIpc) is 2.85. The topological polar surface area (TPSA) is 101 Å². The lowest BCUT2D eigenvalue weighted by Gasteiger charge is -2.22. The van der Waals surface area contributed by atoms with Crippen molar-refractivity contribution in [2.45, 2.75) is 19.4 Å². The van der Waals surface area contributed by atoms with Crippen LogP contribution in [-0.4, -0.2) is 36.4 Å². The molecule has 1 heterocycles. The number of halogens is 1. The summed E-state index contributed by atoms with van der Waals surface area (Å²) in [6.07, 6.45) is 1.26. The Balaban J connectivity index is 1.61. The molecule has 9 heteroatoms. The number of nitrogens with one attached hydrogen (secondary N) is 2. The van der Waals surface area contributed by atoms with E-state index in [1.807, 2.05) is 12.1 Å². The van der Waals surface area contributed by atoms with Gasteiger partial charge < -0.3 is 20.3 Å². The Hall–Kier alpha value is -4.27. The van der Waals surface area contributed by atoms with Crippen molar-refractivity contribution in [3.63, 3.8) is 0 Å². The SMILES string of the molecule is COc1ccc(CNC(=O)CN(C(=O)CCC(=O)Nc2ccccn2)c2cccc(F)c2)cc1. The van der Waals surface area contributed by atoms with E-state index in [-0.39, 0.29) is 31.6 Å². The number of hydrogen-bond donors (Lipinski definition) is 2. The van der Waals surface area contributed by atoms with E-state index in [1.165, 1.54) is 35.4 Å². The summed E-state index contributed by atoms with van der Waals surface area (Å²) in [5.74, 6) is -0.769. The first-order valence-electron chi connectivity index (χ1n) is 10.6. The lowest BCUT2D eigenvalue weighted by molar-refractivity contribution is -0.125. The number of nitrogens with zero attached hydrogens (tertiary/aromatic N) is 2. The van der Waals surface area contributed by atoms with Crippen molar-refractivity contribution in [1.29, 1.82) is 0 Å². The first kappa shape index (κ1) is 24.4. The monoisotopic (exact) mass is 464 g/mol. The first-order valence-corrected chi connectivity index (χ1v) is 10.6. The molecule has 0 saturated heterocycles. The summed E-state index contributed by atoms with van der Waals surface area (Å²) in [5.41, 5.74) is 1.08. The van der Waals surface area contributed by atoms with Crippen LogP contribution in [-0.2, 0) is 20.9 Å². The molecule has 0 aliphatic heterocycles. The van der Waals surface area contributed by atoms with Gasteiger partial charge >= 0.3 is 0 Å². The van der Waals surface area contributed by atoms with Gasteiger partial charge in [0.05, 0.1) is 7.11 Å². The fourth-order valence-electron chi connectivity index (χ4n) is 3.11. The molecule has 0 bridgehead atoms. The summed E-state index contributed by atoms with van der Waals surface area (Å²) in [7, 11) is 1.57. The molecular formula is C25H25FN4O4. The summed E-state index contributed by atoms with van der Waals surface area (Å²) < 4.78 is 18.9. The van der Waals surface area contributed by atoms with Gasteiger partial charge in [0.2, 0.25) is 17.7 Å². The molecule has 0 aliphatic carbocycles. The highest BCUT2D eigenvalue weighted by Crippen LogP contribution is 2.17. The number of carbonyl (C=O) groups excluding carboxylic acids is 3. The fourth-order valence-corrected chi connectivity index (χ4v) is 3.11. The van der Waals surface area contributed by atoms with Crippen molar-refractivity contribution in [3.05, 3.63) is 84.3 Å². The van der Waals surface area contributed by atoms with Crippen LogP contribution in [0.25, 0.3) is 0 Å². The molecule has 0 saturated carbocycles. The van der Waals surface area contributed by atoms with Crippen molar-refractivity contribution in [2.24, 2.45) is 0 Å². The Labute approximate surface area is 196 Å². The lowest BCUT2D eigenvalue weighted by atomic mass is 10.2. The van der Waals surface area contributed by atoms with Gasteiger partial charge in [0.15, 0.2) is 0 Å². The standard InChI is InChI=1S/C25H25FN4O4/c1-34-21-10-8-18(9-11-21)16-28-24(32)17-30(20-6-4-5-19(26)15-20)25(33)13-12-23(31)29-22-7-2-3-14-27-22/h2-11,14-15H,12-13,16-17H2,1H3,(H,28,32)(H,27,29,31). The number of pyridine rings is 1. The Morgan fingerprint density at radius 3 is 2.44 bits per heavy atom. The van der Waals surface area contributed by atoms with Gasteiger partial charge in [0.1, 0.15) is 23.9 Å². The Morgan fingerprint density at radius 2 is 1.76 bits per heavy atom. The molecule has 3 rings (SSSR count). The van der Waals surface area contributed by atoms with E-state index in [9.17, 15) is 18.8 Å². The van der Waals surface area contributed by atoms with Crippen molar-refractivity contribution >= 4 is 29.2 Å². The maximum atomic E-state index is 13.8. The fraction of sp³-hybridized carbons (Fsp3) is 0.200. The third kappa shape index (κ3) is 7.40. The quantitative estimate of drug-likeness (QED) is 0.480. The highest BCUT2D eigenvalue weighted by atomic mass is 19.1. The van der Waals surface area contributed by atoms with E-state index in [0.717, 1.165) is 5.56 Å².